The number of nitrogens with one attached hydrogen (secondary N) is 4. The largest absolute Gasteiger partial charge is 0.383 e. The molecule has 656 valence electrons. The molecule has 0 bridgehead atoms. The first-order valence-electron chi connectivity index (χ1n) is 42.2. The van der Waals surface area contributed by atoms with Gasteiger partial charge in [-0.15, -0.1) is 0 Å². The zero-order valence-corrected chi connectivity index (χ0v) is 73.4. The summed E-state index contributed by atoms with van der Waals surface area (Å²) in [5, 5.41) is 58.0. The Balaban J connectivity index is 0.000000120. The monoisotopic (exact) mass is 1740 g/mol. The zero-order chi connectivity index (χ0) is 88.6. The van der Waals surface area contributed by atoms with Gasteiger partial charge in [0.2, 0.25) is 0 Å². The van der Waals surface area contributed by atoms with E-state index in [9.17, 15) is 17.9 Å². The zero-order valence-electron chi connectivity index (χ0n) is 72.5. The molecular weight excluding hydrogens is 1640 g/mol. The molecule has 0 amide bonds. The van der Waals surface area contributed by atoms with Gasteiger partial charge in [-0.2, -0.15) is 40.8 Å². The maximum atomic E-state index is 13.4. The van der Waals surface area contributed by atoms with Gasteiger partial charge in [-0.1, -0.05) is 72.8 Å². The minimum absolute atomic E-state index is 0.0459. The fraction of sp³-hybridized carbons (Fsp3) is 0.304. The molecule has 2 saturated heterocycles. The van der Waals surface area contributed by atoms with Crippen LogP contribution >= 0.6 is 0 Å². The first-order valence-corrected chi connectivity index (χ1v) is 44.2. The van der Waals surface area contributed by atoms with E-state index in [1.807, 2.05) is 228 Å². The van der Waals surface area contributed by atoms with E-state index < -0.39 is 21.6 Å². The number of benzene rings is 4. The smallest absolute Gasteiger partial charge is 0.161 e. The Morgan fingerprint density at radius 2 is 0.688 bits per heavy atom. The highest BCUT2D eigenvalue weighted by atomic mass is 32.2. The number of ether oxygens (including phenoxy) is 2. The lowest BCUT2D eigenvalue weighted by Crippen LogP contribution is -2.54. The number of hydrogen-bond acceptors (Lipinski definition) is 26. The number of alkyl halides is 1. The fourth-order valence-corrected chi connectivity index (χ4v) is 16.6. The minimum atomic E-state index is -3.02. The Morgan fingerprint density at radius 1 is 0.391 bits per heavy atom. The summed E-state index contributed by atoms with van der Waals surface area (Å²) in [5.74, 6) is 5.35. The molecule has 14 heterocycles. The first-order chi connectivity index (χ1) is 61.9. The van der Waals surface area contributed by atoms with Gasteiger partial charge >= 0.3 is 0 Å². The Kier molecular flexibility index (Phi) is 25.5. The molecule has 2 aliphatic heterocycles. The molecule has 16 aromatic rings. The van der Waals surface area contributed by atoms with E-state index in [2.05, 4.69) is 100 Å². The second kappa shape index (κ2) is 37.9. The van der Waals surface area contributed by atoms with E-state index in [-0.39, 0.29) is 17.3 Å². The summed E-state index contributed by atoms with van der Waals surface area (Å²) in [6.07, 6.45) is 41.2. The van der Waals surface area contributed by atoms with Crippen LogP contribution in [0.2, 0.25) is 0 Å². The molecule has 20 rings (SSSR count). The predicted octanol–water partition coefficient (Wildman–Crippen LogP) is 12.0. The average molecular weight is 1740 g/mol. The third-order valence-corrected chi connectivity index (χ3v) is 24.3. The van der Waals surface area contributed by atoms with E-state index in [1.165, 1.54) is 6.26 Å². The summed E-state index contributed by atoms with van der Waals surface area (Å²) >= 11 is 0. The van der Waals surface area contributed by atoms with Crippen molar-refractivity contribution in [3.05, 3.63) is 221 Å². The number of halogens is 1. The van der Waals surface area contributed by atoms with Crippen molar-refractivity contribution in [3.63, 3.8) is 0 Å². The average Bonchev–Trinajstić information content (AvgIpc) is 1.49. The van der Waals surface area contributed by atoms with Gasteiger partial charge in [0.1, 0.15) is 44.9 Å². The fourth-order valence-electron chi connectivity index (χ4n) is 15.4. The number of sulfone groups is 1. The summed E-state index contributed by atoms with van der Waals surface area (Å²) in [7, 11) is 12.1. The van der Waals surface area contributed by atoms with Crippen molar-refractivity contribution in [1.29, 1.82) is 0 Å². The molecule has 12 aromatic heterocycles. The van der Waals surface area contributed by atoms with Crippen molar-refractivity contribution in [2.75, 3.05) is 86.7 Å². The van der Waals surface area contributed by atoms with Crippen LogP contribution in [0.1, 0.15) is 32.1 Å². The van der Waals surface area contributed by atoms with Gasteiger partial charge in [-0.3, -0.25) is 42.4 Å². The lowest BCUT2D eigenvalue weighted by atomic mass is 9.90. The van der Waals surface area contributed by atoms with E-state index in [0.29, 0.717) is 86.2 Å². The molecule has 4 aliphatic rings. The van der Waals surface area contributed by atoms with Crippen LogP contribution in [0.15, 0.2) is 221 Å². The van der Waals surface area contributed by atoms with Crippen LogP contribution in [0, 0.1) is 0 Å². The second-order valence-corrected chi connectivity index (χ2v) is 35.2. The van der Waals surface area contributed by atoms with Gasteiger partial charge in [-0.25, -0.2) is 52.7 Å². The van der Waals surface area contributed by atoms with Gasteiger partial charge in [0, 0.05) is 264 Å². The molecule has 0 atom stereocenters. The maximum absolute atomic E-state index is 13.4. The summed E-state index contributed by atoms with van der Waals surface area (Å²) in [6, 6.07) is 32.6. The maximum Gasteiger partial charge on any atom is 0.161 e. The molecule has 4 fully saturated rings. The summed E-state index contributed by atoms with van der Waals surface area (Å²) < 4.78 is 61.7. The van der Waals surface area contributed by atoms with Crippen LogP contribution in [-0.2, 0) is 75.7 Å². The van der Waals surface area contributed by atoms with Crippen molar-refractivity contribution in [2.45, 2.75) is 61.2 Å². The van der Waals surface area contributed by atoms with Gasteiger partial charge < -0.3 is 35.8 Å². The Bertz CT molecular complexity index is 6660. The summed E-state index contributed by atoms with van der Waals surface area (Å²) in [6.45, 7) is 6.50. The van der Waals surface area contributed by atoms with Crippen molar-refractivity contribution in [2.24, 2.45) is 56.4 Å². The topological polar surface area (TPSA) is 370 Å². The molecular formula is C92H100FN29O5S. The number of aromatic nitrogens is 24. The minimum Gasteiger partial charge on any atom is -0.383 e. The number of hydrogen-bond donors (Lipinski definition) is 5. The third kappa shape index (κ3) is 20.8. The molecule has 0 spiro atoms. The Hall–Kier alpha value is -14.2. The van der Waals surface area contributed by atoms with E-state index in [4.69, 9.17) is 34.4 Å². The number of aliphatic hydroxyl groups is 1. The highest BCUT2D eigenvalue weighted by Gasteiger charge is 2.38. The number of nitrogens with zero attached hydrogens (tertiary/aromatic N) is 25. The number of aryl methyl sites for hydroxylation is 8. The van der Waals surface area contributed by atoms with Crippen molar-refractivity contribution in [1.82, 2.24) is 123 Å². The quantitative estimate of drug-likeness (QED) is 0.0332. The lowest BCUT2D eigenvalue weighted by Gasteiger charge is -2.36. The van der Waals surface area contributed by atoms with Gasteiger partial charge in [0.15, 0.2) is 23.3 Å². The standard InChI is InChI=1S/C25H30N8O.C23H25N7O2S.C22H22FN7.C22H23N7O2/c1-31-17-21(14-28-31)19-5-3-6-20(13-19)24-27-16-23(22-15-29-32(2)18-22)25(30-24)26-7-4-8-33-9-11-34-12-10-33;1-29-13-17(10-25-29)15-5-4-6-16(7-15)22-24-12-21(18-11-26-30(2)14-18)23(28-22)27-19-8-20(9-19)33(3,31)32;1-29-12-16(9-25-29)14-4-3-5-15(6-14)21-24-11-20(17-10-26-30(2)13-17)22(28-21)27-19-7-18(23)8-19;1-28-10-17(7-25-28)15-4-3-5-16(6-15)20-23-9-19(18-8-26-29(2)11-18)21(27-20)24-12-22(30)13-31-14-22/h3,5-6,13-18H,4,7-12H2,1-2H3,(H,26,27,30);4-7,10-14,19-20H,8-9H2,1-3H3,(H,24,27,28);3-6,9-13,18-19H,7-8H2,1-2H3,(H,24,27,28);3-11,30H,12-14H2,1-2H3,(H,23,24,27). The molecule has 2 saturated carbocycles. The van der Waals surface area contributed by atoms with Crippen molar-refractivity contribution in [3.8, 4) is 135 Å². The highest BCUT2D eigenvalue weighted by molar-refractivity contribution is 7.91. The molecule has 2 aliphatic carbocycles. The SMILES string of the molecule is Cn1cc(-c2cccc(-c3ncc(-c4cnn(C)c4)c(NC4CC(F)C4)n3)c2)cn1.Cn1cc(-c2cccc(-c3ncc(-c4cnn(C)c4)c(NC4CC(S(C)(=O)=O)C4)n3)c2)cn1.Cn1cc(-c2cccc(-c3ncc(-c4cnn(C)c4)c(NCC4(O)COC4)n3)c2)cn1.Cn1cc(-c2cccc(-c3ncc(-c4cnn(C)c4)c(NCCCN4CCOCC4)n3)c2)cn1. The molecule has 4 aromatic carbocycles. The molecule has 0 unspecified atom stereocenters. The van der Waals surface area contributed by atoms with Gasteiger partial charge in [0.25, 0.3) is 0 Å². The van der Waals surface area contributed by atoms with Gasteiger partial charge in [0.05, 0.1) is 81.3 Å². The molecule has 34 nitrogen and oxygen atoms in total. The second-order valence-electron chi connectivity index (χ2n) is 32.8. The Labute approximate surface area is 739 Å². The Morgan fingerprint density at radius 3 is 0.984 bits per heavy atom. The van der Waals surface area contributed by atoms with E-state index in [1.54, 1.807) is 68.4 Å². The number of rotatable bonds is 25. The highest BCUT2D eigenvalue weighted by Crippen LogP contribution is 2.39. The summed E-state index contributed by atoms with van der Waals surface area (Å²) in [4.78, 5) is 40.4. The molecule has 0 radical (unpaired) electrons. The summed E-state index contributed by atoms with van der Waals surface area (Å²) in [5.41, 5.74) is 18.3. The van der Waals surface area contributed by atoms with Crippen molar-refractivity contribution >= 4 is 33.1 Å². The van der Waals surface area contributed by atoms with Crippen LogP contribution < -0.4 is 21.3 Å². The van der Waals surface area contributed by atoms with E-state index >= 15 is 0 Å². The van der Waals surface area contributed by atoms with Crippen LogP contribution in [0.4, 0.5) is 27.7 Å². The predicted molar refractivity (Wildman–Crippen MR) is 489 cm³/mol. The molecule has 5 N–H and O–H groups in total. The third-order valence-electron chi connectivity index (χ3n) is 22.7. The molecule has 128 heavy (non-hydrogen) atoms. The van der Waals surface area contributed by atoms with Crippen LogP contribution in [-0.4, -0.2) is 231 Å². The van der Waals surface area contributed by atoms with Crippen molar-refractivity contribution < 1.29 is 27.4 Å². The number of morpholine rings is 1. The van der Waals surface area contributed by atoms with Gasteiger partial charge in [-0.05, 0) is 85.2 Å². The normalized spacial score (nSPS) is 16.4. The van der Waals surface area contributed by atoms with E-state index in [0.717, 1.165) is 163 Å². The van der Waals surface area contributed by atoms with Crippen LogP contribution in [0.3, 0.4) is 0 Å². The van der Waals surface area contributed by atoms with Crippen LogP contribution in [0.25, 0.3) is 135 Å². The van der Waals surface area contributed by atoms with Crippen LogP contribution in [0.5, 0.6) is 0 Å². The first kappa shape index (κ1) is 85.9. The molecule has 36 heteroatoms. The lowest BCUT2D eigenvalue weighted by molar-refractivity contribution is -0.168. The number of anilines is 4.